The minimum atomic E-state index is -0.209. The average molecular weight is 263 g/mol. The van der Waals surface area contributed by atoms with Gasteiger partial charge in [0.1, 0.15) is 11.9 Å². The highest BCUT2D eigenvalue weighted by Crippen LogP contribution is 2.40. The van der Waals surface area contributed by atoms with Crippen molar-refractivity contribution < 1.29 is 14.6 Å². The summed E-state index contributed by atoms with van der Waals surface area (Å²) in [6.07, 6.45) is 0.0875. The Balaban J connectivity index is 2.35. The van der Waals surface area contributed by atoms with Gasteiger partial charge in [-0.05, 0) is 19.9 Å². The fraction of sp³-hybridized carbons (Fsp3) is 0.533. The van der Waals surface area contributed by atoms with Gasteiger partial charge in [0, 0.05) is 18.5 Å². The van der Waals surface area contributed by atoms with Gasteiger partial charge in [0.05, 0.1) is 18.2 Å². The lowest BCUT2D eigenvalue weighted by Crippen LogP contribution is -2.37. The van der Waals surface area contributed by atoms with Crippen molar-refractivity contribution in [3.05, 3.63) is 29.3 Å². The SMILES string of the molecule is CC1Oc2c(C(=O)N(C)C(C)CO)cccc2C1C. The number of benzene rings is 1. The molecule has 0 aliphatic carbocycles. The van der Waals surface area contributed by atoms with Crippen LogP contribution in [-0.4, -0.2) is 41.7 Å². The van der Waals surface area contributed by atoms with Crippen molar-refractivity contribution in [1.29, 1.82) is 0 Å². The van der Waals surface area contributed by atoms with Crippen molar-refractivity contribution in [1.82, 2.24) is 4.90 Å². The number of hydrogen-bond donors (Lipinski definition) is 1. The quantitative estimate of drug-likeness (QED) is 0.907. The first-order valence-electron chi connectivity index (χ1n) is 6.65. The van der Waals surface area contributed by atoms with Crippen LogP contribution in [0.4, 0.5) is 0 Å². The van der Waals surface area contributed by atoms with Crippen LogP contribution >= 0.6 is 0 Å². The molecule has 1 aromatic carbocycles. The molecule has 1 N–H and O–H groups in total. The van der Waals surface area contributed by atoms with Crippen LogP contribution in [0.2, 0.25) is 0 Å². The molecule has 0 saturated heterocycles. The maximum absolute atomic E-state index is 12.5. The standard InChI is InChI=1S/C15H21NO3/c1-9(8-17)16(4)15(18)13-7-5-6-12-10(2)11(3)19-14(12)13/h5-7,9-11,17H,8H2,1-4H3. The molecule has 0 radical (unpaired) electrons. The minimum absolute atomic E-state index is 0.0507. The van der Waals surface area contributed by atoms with Crippen LogP contribution in [0.25, 0.3) is 0 Å². The summed E-state index contributed by atoms with van der Waals surface area (Å²) in [5.41, 5.74) is 1.67. The molecule has 3 unspecified atom stereocenters. The predicted octanol–water partition coefficient (Wildman–Crippen LogP) is 2.02. The highest BCUT2D eigenvalue weighted by Gasteiger charge is 2.32. The largest absolute Gasteiger partial charge is 0.489 e. The topological polar surface area (TPSA) is 49.8 Å². The molecule has 1 aliphatic heterocycles. The maximum atomic E-state index is 12.5. The van der Waals surface area contributed by atoms with E-state index in [0.29, 0.717) is 17.2 Å². The Bertz CT molecular complexity index is 486. The third-order valence-corrected chi connectivity index (χ3v) is 4.02. The minimum Gasteiger partial charge on any atom is -0.489 e. The molecule has 1 aromatic rings. The molecule has 4 nitrogen and oxygen atoms in total. The van der Waals surface area contributed by atoms with Crippen molar-refractivity contribution in [3.8, 4) is 5.75 Å². The number of aliphatic hydroxyl groups is 1. The highest BCUT2D eigenvalue weighted by atomic mass is 16.5. The number of hydrogen-bond acceptors (Lipinski definition) is 3. The zero-order chi connectivity index (χ0) is 14.2. The van der Waals surface area contributed by atoms with Gasteiger partial charge in [0.25, 0.3) is 5.91 Å². The Hall–Kier alpha value is -1.55. The number of amides is 1. The van der Waals surface area contributed by atoms with Gasteiger partial charge < -0.3 is 14.7 Å². The van der Waals surface area contributed by atoms with Crippen molar-refractivity contribution in [2.24, 2.45) is 0 Å². The van der Waals surface area contributed by atoms with Gasteiger partial charge in [-0.3, -0.25) is 4.79 Å². The smallest absolute Gasteiger partial charge is 0.257 e. The molecule has 19 heavy (non-hydrogen) atoms. The molecule has 0 fully saturated rings. The number of carbonyl (C=O) groups is 1. The van der Waals surface area contributed by atoms with Gasteiger partial charge in [-0.1, -0.05) is 19.1 Å². The molecular formula is C15H21NO3. The normalized spacial score (nSPS) is 22.6. The van der Waals surface area contributed by atoms with E-state index >= 15 is 0 Å². The molecule has 4 heteroatoms. The third kappa shape index (κ3) is 2.32. The molecule has 1 amide bonds. The van der Waals surface area contributed by atoms with Crippen molar-refractivity contribution in [3.63, 3.8) is 0 Å². The van der Waals surface area contributed by atoms with Gasteiger partial charge in [0.2, 0.25) is 0 Å². The molecule has 1 heterocycles. The van der Waals surface area contributed by atoms with Crippen LogP contribution in [-0.2, 0) is 0 Å². The zero-order valence-electron chi connectivity index (χ0n) is 11.9. The molecule has 3 atom stereocenters. The molecule has 104 valence electrons. The van der Waals surface area contributed by atoms with E-state index in [-0.39, 0.29) is 24.7 Å². The molecule has 1 aliphatic rings. The first-order valence-corrected chi connectivity index (χ1v) is 6.65. The zero-order valence-corrected chi connectivity index (χ0v) is 11.9. The maximum Gasteiger partial charge on any atom is 0.257 e. The van der Waals surface area contributed by atoms with E-state index in [1.165, 1.54) is 0 Å². The molecule has 0 bridgehead atoms. The summed E-state index contributed by atoms with van der Waals surface area (Å²) in [5, 5.41) is 9.15. The monoisotopic (exact) mass is 263 g/mol. The third-order valence-electron chi connectivity index (χ3n) is 4.02. The van der Waals surface area contributed by atoms with E-state index in [9.17, 15) is 4.79 Å². The fourth-order valence-electron chi connectivity index (χ4n) is 2.27. The van der Waals surface area contributed by atoms with Crippen LogP contribution in [0.5, 0.6) is 5.75 Å². The van der Waals surface area contributed by atoms with E-state index in [0.717, 1.165) is 5.56 Å². The Morgan fingerprint density at radius 3 is 2.79 bits per heavy atom. The Labute approximate surface area is 114 Å². The lowest BCUT2D eigenvalue weighted by atomic mass is 9.96. The van der Waals surface area contributed by atoms with Gasteiger partial charge in [0.15, 0.2) is 0 Å². The lowest BCUT2D eigenvalue weighted by Gasteiger charge is -2.24. The number of likely N-dealkylation sites (N-methyl/N-ethyl adjacent to an activating group) is 1. The van der Waals surface area contributed by atoms with Gasteiger partial charge in [-0.25, -0.2) is 0 Å². The average Bonchev–Trinajstić information content (AvgIpc) is 2.72. The number of para-hydroxylation sites is 1. The van der Waals surface area contributed by atoms with Gasteiger partial charge in [-0.15, -0.1) is 0 Å². The lowest BCUT2D eigenvalue weighted by molar-refractivity contribution is 0.0677. The Morgan fingerprint density at radius 1 is 1.47 bits per heavy atom. The first-order chi connectivity index (χ1) is 8.97. The van der Waals surface area contributed by atoms with Crippen LogP contribution < -0.4 is 4.74 Å². The first kappa shape index (κ1) is 13.9. The highest BCUT2D eigenvalue weighted by molar-refractivity contribution is 5.97. The van der Waals surface area contributed by atoms with E-state index in [1.54, 1.807) is 18.0 Å². The molecule has 0 spiro atoms. The van der Waals surface area contributed by atoms with Crippen molar-refractivity contribution in [2.45, 2.75) is 38.8 Å². The second kappa shape index (κ2) is 5.21. The molecule has 0 aromatic heterocycles. The number of fused-ring (bicyclic) bond motifs is 1. The second-order valence-corrected chi connectivity index (χ2v) is 5.28. The van der Waals surface area contributed by atoms with E-state index < -0.39 is 0 Å². The van der Waals surface area contributed by atoms with Crippen molar-refractivity contribution in [2.75, 3.05) is 13.7 Å². The summed E-state index contributed by atoms with van der Waals surface area (Å²) < 4.78 is 5.82. The summed E-state index contributed by atoms with van der Waals surface area (Å²) >= 11 is 0. The summed E-state index contributed by atoms with van der Waals surface area (Å²) in [6.45, 7) is 5.88. The fourth-order valence-corrected chi connectivity index (χ4v) is 2.27. The second-order valence-electron chi connectivity index (χ2n) is 5.28. The number of carbonyl (C=O) groups excluding carboxylic acids is 1. The van der Waals surface area contributed by atoms with Crippen LogP contribution in [0.3, 0.4) is 0 Å². The number of nitrogens with zero attached hydrogens (tertiary/aromatic N) is 1. The van der Waals surface area contributed by atoms with E-state index in [1.807, 2.05) is 26.0 Å². The van der Waals surface area contributed by atoms with Crippen LogP contribution in [0, 0.1) is 0 Å². The molecule has 2 rings (SSSR count). The molecular weight excluding hydrogens is 242 g/mol. The number of ether oxygens (including phenoxy) is 1. The summed E-state index contributed by atoms with van der Waals surface area (Å²) in [7, 11) is 1.70. The number of rotatable bonds is 3. The Kier molecular flexibility index (Phi) is 3.80. The Morgan fingerprint density at radius 2 is 2.16 bits per heavy atom. The van der Waals surface area contributed by atoms with Crippen LogP contribution in [0.1, 0.15) is 42.6 Å². The van der Waals surface area contributed by atoms with Gasteiger partial charge >= 0.3 is 0 Å². The van der Waals surface area contributed by atoms with E-state index in [2.05, 4.69) is 6.92 Å². The van der Waals surface area contributed by atoms with Crippen molar-refractivity contribution >= 4 is 5.91 Å². The van der Waals surface area contributed by atoms with Gasteiger partial charge in [-0.2, -0.15) is 0 Å². The summed E-state index contributed by atoms with van der Waals surface area (Å²) in [4.78, 5) is 14.0. The van der Waals surface area contributed by atoms with E-state index in [4.69, 9.17) is 9.84 Å². The number of aliphatic hydroxyl groups excluding tert-OH is 1. The van der Waals surface area contributed by atoms with Crippen LogP contribution in [0.15, 0.2) is 18.2 Å². The summed E-state index contributed by atoms with van der Waals surface area (Å²) in [5.74, 6) is 0.882. The summed E-state index contributed by atoms with van der Waals surface area (Å²) in [6, 6.07) is 5.48. The molecule has 0 saturated carbocycles. The predicted molar refractivity (Wildman–Crippen MR) is 73.6 cm³/mol.